The van der Waals surface area contributed by atoms with Gasteiger partial charge in [-0.3, -0.25) is 0 Å². The minimum atomic E-state index is 0.640. The van der Waals surface area contributed by atoms with E-state index < -0.39 is 0 Å². The number of hydrogen-bond acceptors (Lipinski definition) is 4. The van der Waals surface area contributed by atoms with Gasteiger partial charge in [0.2, 0.25) is 0 Å². The number of hydrogen-bond donors (Lipinski definition) is 0. The SMILES string of the molecule is c1ccc(-c2nc(-c3ccccc3)nc(-c3ccc(-c4cc(-c5ccc(-c6nc7ccccc7c7ccccc67)cc5)cc5ccccc45)cc3)n2)cc1. The average Bonchev–Trinajstić information content (AvgIpc) is 3.26. The van der Waals surface area contributed by atoms with E-state index in [0.29, 0.717) is 17.5 Å². The summed E-state index contributed by atoms with van der Waals surface area (Å²) in [6.45, 7) is 0. The van der Waals surface area contributed by atoms with E-state index in [1.807, 2.05) is 60.7 Å². The van der Waals surface area contributed by atoms with Crippen LogP contribution in [0.1, 0.15) is 0 Å². The van der Waals surface area contributed by atoms with E-state index in [0.717, 1.165) is 55.5 Å². The molecule has 0 amide bonds. The van der Waals surface area contributed by atoms with Crippen LogP contribution in [0.15, 0.2) is 194 Å². The first-order chi connectivity index (χ1) is 26.7. The summed E-state index contributed by atoms with van der Waals surface area (Å²) in [6.07, 6.45) is 0. The first-order valence-electron chi connectivity index (χ1n) is 18.1. The van der Waals surface area contributed by atoms with E-state index in [1.165, 1.54) is 27.1 Å². The lowest BCUT2D eigenvalue weighted by atomic mass is 9.92. The summed E-state index contributed by atoms with van der Waals surface area (Å²) in [6, 6.07) is 67.7. The summed E-state index contributed by atoms with van der Waals surface area (Å²) >= 11 is 0. The highest BCUT2D eigenvalue weighted by molar-refractivity contribution is 6.11. The van der Waals surface area contributed by atoms with Crippen LogP contribution in [0.4, 0.5) is 0 Å². The lowest BCUT2D eigenvalue weighted by Gasteiger charge is -2.13. The molecule has 0 N–H and O–H groups in total. The maximum Gasteiger partial charge on any atom is 0.164 e. The van der Waals surface area contributed by atoms with Crippen LogP contribution in [-0.2, 0) is 0 Å². The summed E-state index contributed by atoms with van der Waals surface area (Å²) in [5.74, 6) is 1.94. The topological polar surface area (TPSA) is 51.6 Å². The molecule has 54 heavy (non-hydrogen) atoms. The molecule has 0 fully saturated rings. The van der Waals surface area contributed by atoms with Crippen LogP contribution in [0, 0.1) is 0 Å². The number of fused-ring (bicyclic) bond motifs is 4. The number of para-hydroxylation sites is 1. The van der Waals surface area contributed by atoms with Gasteiger partial charge in [0.15, 0.2) is 17.5 Å². The lowest BCUT2D eigenvalue weighted by molar-refractivity contribution is 1.07. The molecule has 0 atom stereocenters. The fraction of sp³-hybridized carbons (Fsp3) is 0. The third-order valence-corrected chi connectivity index (χ3v) is 10.1. The summed E-state index contributed by atoms with van der Waals surface area (Å²) < 4.78 is 0. The smallest absolute Gasteiger partial charge is 0.164 e. The maximum atomic E-state index is 5.13. The largest absolute Gasteiger partial charge is 0.247 e. The Kier molecular flexibility index (Phi) is 7.77. The second-order valence-electron chi connectivity index (χ2n) is 13.5. The molecule has 0 aliphatic rings. The van der Waals surface area contributed by atoms with Crippen molar-refractivity contribution in [2.75, 3.05) is 0 Å². The average molecular weight is 689 g/mol. The van der Waals surface area contributed by atoms with Gasteiger partial charge in [0, 0.05) is 33.0 Å². The van der Waals surface area contributed by atoms with Crippen molar-refractivity contribution >= 4 is 32.4 Å². The number of aromatic nitrogens is 4. The molecule has 10 aromatic rings. The Balaban J connectivity index is 1.03. The summed E-state index contributed by atoms with van der Waals surface area (Å²) in [5, 5.41) is 5.95. The van der Waals surface area contributed by atoms with Crippen molar-refractivity contribution in [3.05, 3.63) is 194 Å². The zero-order chi connectivity index (χ0) is 35.8. The van der Waals surface area contributed by atoms with Crippen LogP contribution in [0.2, 0.25) is 0 Å². The highest BCUT2D eigenvalue weighted by Crippen LogP contribution is 2.37. The van der Waals surface area contributed by atoms with E-state index in [1.54, 1.807) is 0 Å². The molecule has 10 rings (SSSR count). The number of rotatable bonds is 6. The van der Waals surface area contributed by atoms with Gasteiger partial charge in [0.25, 0.3) is 0 Å². The van der Waals surface area contributed by atoms with Crippen LogP contribution in [-0.4, -0.2) is 19.9 Å². The van der Waals surface area contributed by atoms with Crippen molar-refractivity contribution in [3.8, 4) is 67.7 Å². The molecule has 2 aromatic heterocycles. The van der Waals surface area contributed by atoms with Crippen molar-refractivity contribution in [3.63, 3.8) is 0 Å². The van der Waals surface area contributed by atoms with Gasteiger partial charge >= 0.3 is 0 Å². The molecule has 252 valence electrons. The van der Waals surface area contributed by atoms with Crippen LogP contribution in [0.3, 0.4) is 0 Å². The Morgan fingerprint density at radius 3 is 1.37 bits per heavy atom. The molecule has 0 saturated carbocycles. The lowest BCUT2D eigenvalue weighted by Crippen LogP contribution is -2.00. The molecule has 0 unspecified atom stereocenters. The molecule has 8 aromatic carbocycles. The molecule has 0 aliphatic heterocycles. The van der Waals surface area contributed by atoms with E-state index in [4.69, 9.17) is 19.9 Å². The summed E-state index contributed by atoms with van der Waals surface area (Å²) in [7, 11) is 0. The zero-order valence-electron chi connectivity index (χ0n) is 29.3. The third-order valence-electron chi connectivity index (χ3n) is 10.1. The third kappa shape index (κ3) is 5.76. The Labute approximate surface area is 313 Å². The normalized spacial score (nSPS) is 11.3. The molecule has 0 aliphatic carbocycles. The van der Waals surface area contributed by atoms with Crippen LogP contribution in [0.25, 0.3) is 100 Å². The Morgan fingerprint density at radius 2 is 0.722 bits per heavy atom. The van der Waals surface area contributed by atoms with Gasteiger partial charge in [-0.15, -0.1) is 0 Å². The molecule has 0 spiro atoms. The first kappa shape index (κ1) is 31.4. The second-order valence-corrected chi connectivity index (χ2v) is 13.5. The predicted molar refractivity (Wildman–Crippen MR) is 223 cm³/mol. The van der Waals surface area contributed by atoms with Crippen LogP contribution < -0.4 is 0 Å². The summed E-state index contributed by atoms with van der Waals surface area (Å²) in [5.41, 5.74) is 10.5. The van der Waals surface area contributed by atoms with Gasteiger partial charge in [-0.2, -0.15) is 0 Å². The summed E-state index contributed by atoms with van der Waals surface area (Å²) in [4.78, 5) is 19.9. The van der Waals surface area contributed by atoms with Crippen LogP contribution >= 0.6 is 0 Å². The minimum absolute atomic E-state index is 0.640. The standard InChI is InChI=1S/C50H32N4/c1-3-13-36(14-4-1)48-52-49(37-15-5-2-6-16-37)54-50(53-48)38-29-25-34(26-30-38)45-32-40(31-39-17-7-8-18-41(39)45)33-23-27-35(28-24-33)47-44-21-10-9-19-42(44)43-20-11-12-22-46(43)51-47/h1-32H. The molecular formula is C50H32N4. The van der Waals surface area contributed by atoms with Gasteiger partial charge in [-0.1, -0.05) is 176 Å². The molecule has 0 saturated heterocycles. The Morgan fingerprint density at radius 1 is 0.259 bits per heavy atom. The quantitative estimate of drug-likeness (QED) is 0.163. The van der Waals surface area contributed by atoms with Gasteiger partial charge in [-0.25, -0.2) is 19.9 Å². The monoisotopic (exact) mass is 688 g/mol. The molecule has 2 heterocycles. The van der Waals surface area contributed by atoms with E-state index in [2.05, 4.69) is 133 Å². The number of nitrogens with zero attached hydrogens (tertiary/aromatic N) is 4. The maximum absolute atomic E-state index is 5.13. The molecular weight excluding hydrogens is 657 g/mol. The van der Waals surface area contributed by atoms with E-state index in [-0.39, 0.29) is 0 Å². The van der Waals surface area contributed by atoms with Gasteiger partial charge in [0.05, 0.1) is 11.2 Å². The van der Waals surface area contributed by atoms with Gasteiger partial charge < -0.3 is 0 Å². The van der Waals surface area contributed by atoms with E-state index in [9.17, 15) is 0 Å². The van der Waals surface area contributed by atoms with Crippen molar-refractivity contribution in [1.29, 1.82) is 0 Å². The van der Waals surface area contributed by atoms with Crippen molar-refractivity contribution in [2.45, 2.75) is 0 Å². The minimum Gasteiger partial charge on any atom is -0.247 e. The molecule has 4 nitrogen and oxygen atoms in total. The molecule has 4 heteroatoms. The molecule has 0 radical (unpaired) electrons. The molecule has 0 bridgehead atoms. The number of pyridine rings is 1. The Hall–Kier alpha value is -7.30. The van der Waals surface area contributed by atoms with Crippen molar-refractivity contribution in [2.24, 2.45) is 0 Å². The van der Waals surface area contributed by atoms with Gasteiger partial charge in [-0.05, 0) is 56.6 Å². The van der Waals surface area contributed by atoms with Crippen molar-refractivity contribution < 1.29 is 0 Å². The number of benzene rings is 8. The van der Waals surface area contributed by atoms with Crippen molar-refractivity contribution in [1.82, 2.24) is 19.9 Å². The zero-order valence-corrected chi connectivity index (χ0v) is 29.3. The van der Waals surface area contributed by atoms with E-state index >= 15 is 0 Å². The van der Waals surface area contributed by atoms with Gasteiger partial charge in [0.1, 0.15) is 0 Å². The highest BCUT2D eigenvalue weighted by atomic mass is 15.0. The predicted octanol–water partition coefficient (Wildman–Crippen LogP) is 12.7. The first-order valence-corrected chi connectivity index (χ1v) is 18.1. The fourth-order valence-electron chi connectivity index (χ4n) is 7.40. The highest BCUT2D eigenvalue weighted by Gasteiger charge is 2.15. The van der Waals surface area contributed by atoms with Crippen LogP contribution in [0.5, 0.6) is 0 Å². The Bertz CT molecular complexity index is 2900. The second kappa shape index (κ2) is 13.4. The fourth-order valence-corrected chi connectivity index (χ4v) is 7.40.